The van der Waals surface area contributed by atoms with Crippen LogP contribution in [-0.4, -0.2) is 24.1 Å². The Morgan fingerprint density at radius 1 is 0.333 bits per heavy atom. The van der Waals surface area contributed by atoms with Crippen molar-refractivity contribution in [1.29, 1.82) is 0 Å². The molecule has 0 radical (unpaired) electrons. The van der Waals surface area contributed by atoms with Gasteiger partial charge in [-0.2, -0.15) is 9.97 Å². The van der Waals surface area contributed by atoms with Crippen molar-refractivity contribution in [3.05, 3.63) is 188 Å². The lowest BCUT2D eigenvalue weighted by Crippen LogP contribution is -2.07. The molecule has 0 aliphatic rings. The third kappa shape index (κ3) is 4.69. The lowest BCUT2D eigenvalue weighted by molar-refractivity contribution is 0.954. The van der Waals surface area contributed by atoms with E-state index in [4.69, 9.17) is 15.0 Å². The average molecular weight is 690 g/mol. The van der Waals surface area contributed by atoms with Gasteiger partial charge in [-0.15, -0.1) is 0 Å². The minimum absolute atomic E-state index is 0.574. The molecule has 11 rings (SSSR count). The fourth-order valence-electron chi connectivity index (χ4n) is 8.17. The summed E-state index contributed by atoms with van der Waals surface area (Å²) >= 11 is 0. The van der Waals surface area contributed by atoms with Crippen molar-refractivity contribution >= 4 is 54.4 Å². The second-order valence-corrected chi connectivity index (χ2v) is 13.7. The highest BCUT2D eigenvalue weighted by atomic mass is 15.2. The van der Waals surface area contributed by atoms with Crippen molar-refractivity contribution in [2.45, 2.75) is 0 Å². The van der Waals surface area contributed by atoms with Gasteiger partial charge in [-0.1, -0.05) is 152 Å². The zero-order valence-electron chi connectivity index (χ0n) is 29.1. The van der Waals surface area contributed by atoms with Crippen LogP contribution in [0.1, 0.15) is 0 Å². The summed E-state index contributed by atoms with van der Waals surface area (Å²) in [7, 11) is 0. The van der Waals surface area contributed by atoms with Crippen LogP contribution in [0.3, 0.4) is 0 Å². The highest BCUT2D eigenvalue weighted by Crippen LogP contribution is 2.44. The number of aromatic nitrogens is 5. The van der Waals surface area contributed by atoms with Crippen LogP contribution in [-0.2, 0) is 0 Å². The van der Waals surface area contributed by atoms with Crippen LogP contribution in [0.15, 0.2) is 188 Å². The third-order valence-corrected chi connectivity index (χ3v) is 10.5. The first-order valence-electron chi connectivity index (χ1n) is 18.2. The molecule has 3 aromatic heterocycles. The zero-order chi connectivity index (χ0) is 35.6. The lowest BCUT2D eigenvalue weighted by atomic mass is 9.94. The Bertz CT molecular complexity index is 3140. The Kier molecular flexibility index (Phi) is 6.79. The van der Waals surface area contributed by atoms with Gasteiger partial charge in [-0.05, 0) is 52.7 Å². The number of nitrogens with zero attached hydrogens (tertiary/aromatic N) is 5. The average Bonchev–Trinajstić information content (AvgIpc) is 3.76. The summed E-state index contributed by atoms with van der Waals surface area (Å²) in [5.74, 6) is 1.83. The van der Waals surface area contributed by atoms with E-state index in [9.17, 15) is 0 Å². The predicted molar refractivity (Wildman–Crippen MR) is 222 cm³/mol. The fraction of sp³-hybridized carbons (Fsp3) is 0. The number of fused-ring (bicyclic) bond motifs is 7. The molecule has 0 N–H and O–H groups in total. The summed E-state index contributed by atoms with van der Waals surface area (Å²) in [6.07, 6.45) is 0. The van der Waals surface area contributed by atoms with Gasteiger partial charge in [0.15, 0.2) is 11.6 Å². The molecule has 0 bridgehead atoms. The van der Waals surface area contributed by atoms with Crippen molar-refractivity contribution in [3.63, 3.8) is 0 Å². The molecular weight excluding hydrogens is 659 g/mol. The largest absolute Gasteiger partial charge is 0.309 e. The van der Waals surface area contributed by atoms with Crippen molar-refractivity contribution in [2.24, 2.45) is 0 Å². The Hall–Kier alpha value is -7.37. The minimum atomic E-state index is 0.574. The molecule has 0 aliphatic carbocycles. The van der Waals surface area contributed by atoms with Gasteiger partial charge in [0.2, 0.25) is 5.95 Å². The first kappa shape index (κ1) is 30.3. The molecule has 5 heteroatoms. The quantitative estimate of drug-likeness (QED) is 0.181. The molecular formula is C49H31N5. The molecule has 0 aliphatic heterocycles. The molecule has 0 fully saturated rings. The van der Waals surface area contributed by atoms with E-state index in [1.54, 1.807) is 0 Å². The lowest BCUT2D eigenvalue weighted by Gasteiger charge is -2.15. The second-order valence-electron chi connectivity index (χ2n) is 13.7. The van der Waals surface area contributed by atoms with Crippen LogP contribution in [0.5, 0.6) is 0 Å². The highest BCUT2D eigenvalue weighted by Gasteiger charge is 2.23. The van der Waals surface area contributed by atoms with Gasteiger partial charge in [0.25, 0.3) is 0 Å². The summed E-state index contributed by atoms with van der Waals surface area (Å²) in [5.41, 5.74) is 9.68. The van der Waals surface area contributed by atoms with E-state index in [1.807, 2.05) is 36.4 Å². The SMILES string of the molecule is c1ccc(-c2nc(-c3ccccc3)nc(-n3c4ccccc4c4cc5ccccc5c(-c5ccc6c7ccccc7n(-c7ccccc7)c6c5)c43)n2)cc1. The van der Waals surface area contributed by atoms with E-state index in [2.05, 4.69) is 161 Å². The van der Waals surface area contributed by atoms with E-state index in [1.165, 1.54) is 21.7 Å². The van der Waals surface area contributed by atoms with Crippen molar-refractivity contribution in [1.82, 2.24) is 24.1 Å². The number of hydrogen-bond donors (Lipinski definition) is 0. The summed E-state index contributed by atoms with van der Waals surface area (Å²) in [5, 5.41) is 7.07. The molecule has 0 atom stereocenters. The molecule has 54 heavy (non-hydrogen) atoms. The first-order chi connectivity index (χ1) is 26.8. The van der Waals surface area contributed by atoms with E-state index in [0.717, 1.165) is 60.6 Å². The van der Waals surface area contributed by atoms with Gasteiger partial charge in [-0.3, -0.25) is 4.57 Å². The molecule has 0 amide bonds. The first-order valence-corrected chi connectivity index (χ1v) is 18.2. The van der Waals surface area contributed by atoms with E-state index in [0.29, 0.717) is 17.6 Å². The van der Waals surface area contributed by atoms with Crippen LogP contribution in [0.4, 0.5) is 0 Å². The molecule has 0 saturated heterocycles. The summed E-state index contributed by atoms with van der Waals surface area (Å²) < 4.78 is 4.64. The van der Waals surface area contributed by atoms with E-state index >= 15 is 0 Å². The number of para-hydroxylation sites is 3. The third-order valence-electron chi connectivity index (χ3n) is 10.5. The summed E-state index contributed by atoms with van der Waals surface area (Å²) in [6.45, 7) is 0. The molecule has 0 unspecified atom stereocenters. The van der Waals surface area contributed by atoms with E-state index < -0.39 is 0 Å². The van der Waals surface area contributed by atoms with Crippen molar-refractivity contribution in [2.75, 3.05) is 0 Å². The Morgan fingerprint density at radius 2 is 0.852 bits per heavy atom. The maximum atomic E-state index is 5.26. The number of hydrogen-bond acceptors (Lipinski definition) is 3. The zero-order valence-corrected chi connectivity index (χ0v) is 29.1. The van der Waals surface area contributed by atoms with Gasteiger partial charge >= 0.3 is 0 Å². The standard InChI is InChI=1S/C49H31N5/c1-4-16-32(17-5-1)47-50-48(33-18-6-2-7-19-33)52-49(51-47)54-43-27-15-13-25-39(43)41-30-34-20-10-11-23-37(34)45(46(41)54)35-28-29-40-38-24-12-14-26-42(38)53(44(40)31-35)36-21-8-3-9-22-36/h1-31H. The minimum Gasteiger partial charge on any atom is -0.309 e. The van der Waals surface area contributed by atoms with Gasteiger partial charge < -0.3 is 4.57 Å². The van der Waals surface area contributed by atoms with Crippen molar-refractivity contribution in [3.8, 4) is 45.5 Å². The molecule has 3 heterocycles. The number of rotatable bonds is 5. The molecule has 0 saturated carbocycles. The fourth-order valence-corrected chi connectivity index (χ4v) is 8.17. The smallest absolute Gasteiger partial charge is 0.238 e. The van der Waals surface area contributed by atoms with Crippen LogP contribution in [0.25, 0.3) is 99.9 Å². The Morgan fingerprint density at radius 3 is 1.52 bits per heavy atom. The van der Waals surface area contributed by atoms with Crippen LogP contribution in [0, 0.1) is 0 Å². The Balaban J connectivity index is 1.28. The molecule has 11 aromatic rings. The van der Waals surface area contributed by atoms with Gasteiger partial charge in [0.05, 0.1) is 22.1 Å². The Labute approximate surface area is 311 Å². The molecule has 252 valence electrons. The molecule has 0 spiro atoms. The van der Waals surface area contributed by atoms with Crippen LogP contribution in [0.2, 0.25) is 0 Å². The molecule has 8 aromatic carbocycles. The van der Waals surface area contributed by atoms with Gasteiger partial charge in [0, 0.05) is 43.9 Å². The topological polar surface area (TPSA) is 48.5 Å². The maximum absolute atomic E-state index is 5.26. The van der Waals surface area contributed by atoms with Gasteiger partial charge in [-0.25, -0.2) is 4.98 Å². The monoisotopic (exact) mass is 689 g/mol. The summed E-state index contributed by atoms with van der Waals surface area (Å²) in [4.78, 5) is 15.5. The van der Waals surface area contributed by atoms with Crippen LogP contribution < -0.4 is 0 Å². The number of benzene rings is 8. The molecule has 5 nitrogen and oxygen atoms in total. The summed E-state index contributed by atoms with van der Waals surface area (Å²) in [6, 6.07) is 66.2. The second kappa shape index (κ2) is 12.1. The van der Waals surface area contributed by atoms with Gasteiger partial charge in [0.1, 0.15) is 0 Å². The predicted octanol–water partition coefficient (Wildman–Crippen LogP) is 12.2. The van der Waals surface area contributed by atoms with Crippen molar-refractivity contribution < 1.29 is 0 Å². The maximum Gasteiger partial charge on any atom is 0.238 e. The highest BCUT2D eigenvalue weighted by molar-refractivity contribution is 6.22. The van der Waals surface area contributed by atoms with Crippen LogP contribution >= 0.6 is 0 Å². The van der Waals surface area contributed by atoms with E-state index in [-0.39, 0.29) is 0 Å². The normalized spacial score (nSPS) is 11.7.